The van der Waals surface area contributed by atoms with E-state index in [4.69, 9.17) is 4.74 Å². The fraction of sp³-hybridized carbons (Fsp3) is 0.400. The van der Waals surface area contributed by atoms with E-state index >= 15 is 0 Å². The van der Waals surface area contributed by atoms with Crippen LogP contribution >= 0.6 is 0 Å². The van der Waals surface area contributed by atoms with Crippen LogP contribution in [0.1, 0.15) is 28.6 Å². The topological polar surface area (TPSA) is 47.3 Å². The first kappa shape index (κ1) is 13.6. The van der Waals surface area contributed by atoms with Crippen molar-refractivity contribution in [3.8, 4) is 5.75 Å². The van der Waals surface area contributed by atoms with Gasteiger partial charge >= 0.3 is 0 Å². The van der Waals surface area contributed by atoms with E-state index in [0.29, 0.717) is 12.3 Å². The molecule has 0 saturated carbocycles. The van der Waals surface area contributed by atoms with Gasteiger partial charge in [-0.1, -0.05) is 11.6 Å². The van der Waals surface area contributed by atoms with Gasteiger partial charge in [0.15, 0.2) is 0 Å². The van der Waals surface area contributed by atoms with Gasteiger partial charge < -0.3 is 14.4 Å². The van der Waals surface area contributed by atoms with Gasteiger partial charge in [0.2, 0.25) is 0 Å². The van der Waals surface area contributed by atoms with Crippen molar-refractivity contribution in [1.29, 1.82) is 0 Å². The molecule has 0 amide bonds. The molecule has 0 bridgehead atoms. The first-order valence-electron chi connectivity index (χ1n) is 6.34. The molecule has 4 heteroatoms. The summed E-state index contributed by atoms with van der Waals surface area (Å²) in [6, 6.07) is 5.82. The van der Waals surface area contributed by atoms with Crippen LogP contribution in [0.3, 0.4) is 0 Å². The van der Waals surface area contributed by atoms with Crippen molar-refractivity contribution in [3.05, 3.63) is 47.0 Å². The second-order valence-corrected chi connectivity index (χ2v) is 4.83. The van der Waals surface area contributed by atoms with Crippen molar-refractivity contribution in [2.45, 2.75) is 33.4 Å². The van der Waals surface area contributed by atoms with Crippen molar-refractivity contribution in [2.24, 2.45) is 0 Å². The normalized spacial score (nSPS) is 12.5. The Hall–Kier alpha value is -1.81. The summed E-state index contributed by atoms with van der Waals surface area (Å²) < 4.78 is 7.27. The number of ether oxygens (including phenoxy) is 1. The first-order chi connectivity index (χ1) is 9.02. The molecule has 1 heterocycles. The maximum absolute atomic E-state index is 10.4. The van der Waals surface area contributed by atoms with Crippen molar-refractivity contribution < 1.29 is 9.84 Å². The zero-order valence-electron chi connectivity index (χ0n) is 11.8. The summed E-state index contributed by atoms with van der Waals surface area (Å²) in [5.41, 5.74) is 3.98. The lowest BCUT2D eigenvalue weighted by Gasteiger charge is -2.17. The summed E-state index contributed by atoms with van der Waals surface area (Å²) >= 11 is 0. The molecular formula is C15H20N2O2. The lowest BCUT2D eigenvalue weighted by molar-refractivity contribution is 0.152. The summed E-state index contributed by atoms with van der Waals surface area (Å²) in [5, 5.41) is 10.4. The Morgan fingerprint density at radius 1 is 1.32 bits per heavy atom. The third-order valence-corrected chi connectivity index (χ3v) is 3.46. The van der Waals surface area contributed by atoms with Crippen molar-refractivity contribution in [2.75, 3.05) is 7.11 Å². The molecule has 0 aliphatic rings. The minimum atomic E-state index is -0.609. The van der Waals surface area contributed by atoms with E-state index in [1.807, 2.05) is 43.5 Å². The van der Waals surface area contributed by atoms with Crippen LogP contribution in [0.5, 0.6) is 5.75 Å². The fourth-order valence-corrected chi connectivity index (χ4v) is 2.13. The number of imidazole rings is 1. The molecule has 0 fully saturated rings. The molecule has 19 heavy (non-hydrogen) atoms. The molecule has 0 aliphatic carbocycles. The minimum Gasteiger partial charge on any atom is -0.496 e. The van der Waals surface area contributed by atoms with Gasteiger partial charge in [-0.25, -0.2) is 4.98 Å². The Morgan fingerprint density at radius 2 is 2.05 bits per heavy atom. The third-order valence-electron chi connectivity index (χ3n) is 3.46. The highest BCUT2D eigenvalue weighted by molar-refractivity contribution is 5.38. The zero-order chi connectivity index (χ0) is 14.0. The number of aliphatic hydroxyl groups excluding tert-OH is 1. The van der Waals surface area contributed by atoms with Gasteiger partial charge in [0.1, 0.15) is 11.9 Å². The van der Waals surface area contributed by atoms with E-state index < -0.39 is 6.10 Å². The van der Waals surface area contributed by atoms with Crippen LogP contribution in [0.2, 0.25) is 0 Å². The highest BCUT2D eigenvalue weighted by Gasteiger charge is 2.15. The first-order valence-corrected chi connectivity index (χ1v) is 6.34. The Bertz CT molecular complexity index is 576. The minimum absolute atomic E-state index is 0.479. The third kappa shape index (κ3) is 2.79. The molecule has 1 unspecified atom stereocenters. The van der Waals surface area contributed by atoms with Crippen LogP contribution in [-0.2, 0) is 6.54 Å². The Balaban J connectivity index is 2.27. The molecule has 102 valence electrons. The zero-order valence-corrected chi connectivity index (χ0v) is 11.8. The SMILES string of the molecule is COc1ccc(C)cc1C(O)Cn1cnc(C)c1C. The second kappa shape index (κ2) is 5.45. The monoisotopic (exact) mass is 260 g/mol. The van der Waals surface area contributed by atoms with Gasteiger partial charge in [0.25, 0.3) is 0 Å². The van der Waals surface area contributed by atoms with E-state index in [9.17, 15) is 5.11 Å². The number of benzene rings is 1. The van der Waals surface area contributed by atoms with Crippen LogP contribution in [0, 0.1) is 20.8 Å². The van der Waals surface area contributed by atoms with Crippen LogP contribution in [0.15, 0.2) is 24.5 Å². The van der Waals surface area contributed by atoms with E-state index in [-0.39, 0.29) is 0 Å². The van der Waals surface area contributed by atoms with Crippen LogP contribution in [0.25, 0.3) is 0 Å². The predicted molar refractivity (Wildman–Crippen MR) is 74.4 cm³/mol. The smallest absolute Gasteiger partial charge is 0.124 e. The van der Waals surface area contributed by atoms with E-state index in [2.05, 4.69) is 4.98 Å². The number of nitrogens with zero attached hydrogens (tertiary/aromatic N) is 2. The van der Waals surface area contributed by atoms with Crippen molar-refractivity contribution >= 4 is 0 Å². The maximum Gasteiger partial charge on any atom is 0.124 e. The Morgan fingerprint density at radius 3 is 2.63 bits per heavy atom. The highest BCUT2D eigenvalue weighted by Crippen LogP contribution is 2.27. The number of aromatic nitrogens is 2. The molecule has 4 nitrogen and oxygen atoms in total. The summed E-state index contributed by atoms with van der Waals surface area (Å²) in [5.74, 6) is 0.715. The quantitative estimate of drug-likeness (QED) is 0.919. The number of methoxy groups -OCH3 is 1. The van der Waals surface area contributed by atoms with E-state index in [0.717, 1.165) is 22.5 Å². The highest BCUT2D eigenvalue weighted by atomic mass is 16.5. The second-order valence-electron chi connectivity index (χ2n) is 4.83. The van der Waals surface area contributed by atoms with Crippen LogP contribution in [-0.4, -0.2) is 21.8 Å². The number of aliphatic hydroxyl groups is 1. The average molecular weight is 260 g/mol. The Labute approximate surface area is 113 Å². The van der Waals surface area contributed by atoms with Crippen LogP contribution < -0.4 is 4.74 Å². The molecule has 0 spiro atoms. The van der Waals surface area contributed by atoms with Gasteiger partial charge in [0.05, 0.1) is 25.7 Å². The van der Waals surface area contributed by atoms with Crippen molar-refractivity contribution in [1.82, 2.24) is 9.55 Å². The number of rotatable bonds is 4. The lowest BCUT2D eigenvalue weighted by Crippen LogP contribution is -2.10. The average Bonchev–Trinajstić information content (AvgIpc) is 2.70. The summed E-state index contributed by atoms with van der Waals surface area (Å²) in [6.45, 7) is 6.45. The van der Waals surface area contributed by atoms with Gasteiger partial charge in [-0.3, -0.25) is 0 Å². The van der Waals surface area contributed by atoms with Gasteiger partial charge in [-0.2, -0.15) is 0 Å². The molecule has 0 radical (unpaired) electrons. The molecule has 1 aromatic carbocycles. The van der Waals surface area contributed by atoms with Crippen molar-refractivity contribution in [3.63, 3.8) is 0 Å². The molecule has 0 aliphatic heterocycles. The van der Waals surface area contributed by atoms with E-state index in [1.165, 1.54) is 0 Å². The molecule has 1 N–H and O–H groups in total. The predicted octanol–water partition coefficient (Wildman–Crippen LogP) is 2.55. The number of aryl methyl sites for hydroxylation is 2. The van der Waals surface area contributed by atoms with Gasteiger partial charge in [-0.15, -0.1) is 0 Å². The number of hydrogen-bond donors (Lipinski definition) is 1. The Kier molecular flexibility index (Phi) is 3.90. The largest absolute Gasteiger partial charge is 0.496 e. The molecule has 2 aromatic rings. The molecule has 0 saturated heterocycles. The standard InChI is InChI=1S/C15H20N2O2/c1-10-5-6-15(19-4)13(7-10)14(18)8-17-9-16-11(2)12(17)3/h5-7,9,14,18H,8H2,1-4H3. The molecule has 1 atom stereocenters. The summed E-state index contributed by atoms with van der Waals surface area (Å²) in [4.78, 5) is 4.24. The fourth-order valence-electron chi connectivity index (χ4n) is 2.13. The lowest BCUT2D eigenvalue weighted by atomic mass is 10.0. The maximum atomic E-state index is 10.4. The molecular weight excluding hydrogens is 240 g/mol. The molecule has 2 rings (SSSR count). The van der Waals surface area contributed by atoms with Gasteiger partial charge in [-0.05, 0) is 32.9 Å². The van der Waals surface area contributed by atoms with Gasteiger partial charge in [0, 0.05) is 11.3 Å². The van der Waals surface area contributed by atoms with Crippen LogP contribution in [0.4, 0.5) is 0 Å². The summed E-state index contributed by atoms with van der Waals surface area (Å²) in [7, 11) is 1.62. The number of hydrogen-bond acceptors (Lipinski definition) is 3. The van der Waals surface area contributed by atoms with E-state index in [1.54, 1.807) is 13.4 Å². The summed E-state index contributed by atoms with van der Waals surface area (Å²) in [6.07, 6.45) is 1.15. The molecule has 1 aromatic heterocycles.